The van der Waals surface area contributed by atoms with E-state index in [-0.39, 0.29) is 33.6 Å². The van der Waals surface area contributed by atoms with Gasteiger partial charge in [0.1, 0.15) is 0 Å². The Hall–Kier alpha value is -7.77. The maximum absolute atomic E-state index is 6.32. The predicted octanol–water partition coefficient (Wildman–Crippen LogP) is 20.3. The molecule has 13 rings (SSSR count). The van der Waals surface area contributed by atoms with E-state index in [1.807, 2.05) is 67.5 Å². The Kier molecular flexibility index (Phi) is 18.6. The van der Waals surface area contributed by atoms with Crippen molar-refractivity contribution in [2.24, 2.45) is 0 Å². The van der Waals surface area contributed by atoms with E-state index in [1.54, 1.807) is 0 Å². The highest BCUT2D eigenvalue weighted by Gasteiger charge is 2.64. The summed E-state index contributed by atoms with van der Waals surface area (Å²) in [5.41, 5.74) is 15.0. The van der Waals surface area contributed by atoms with Gasteiger partial charge in [-0.25, -0.2) is 0 Å². The summed E-state index contributed by atoms with van der Waals surface area (Å²) in [4.78, 5) is 4.65. The molecule has 10 aromatic carbocycles. The van der Waals surface area contributed by atoms with Crippen molar-refractivity contribution >= 4 is 76.7 Å². The van der Waals surface area contributed by atoms with E-state index in [4.69, 9.17) is 27.9 Å². The molecular formula is C78H80B3BrN2O6. The highest BCUT2D eigenvalue weighted by Crippen LogP contribution is 2.46. The quantitative estimate of drug-likeness (QED) is 0.112. The molecule has 12 heteroatoms. The fourth-order valence-corrected chi connectivity index (χ4v) is 11.4. The molecule has 3 saturated heterocycles. The second-order valence-corrected chi connectivity index (χ2v) is 27.1. The molecule has 10 aromatic rings. The highest BCUT2D eigenvalue weighted by atomic mass is 79.9. The lowest BCUT2D eigenvalue weighted by Crippen LogP contribution is -2.41. The maximum Gasteiger partial charge on any atom is 0.494 e. The molecule has 0 saturated carbocycles. The van der Waals surface area contributed by atoms with Crippen LogP contribution in [0.5, 0.6) is 0 Å². The largest absolute Gasteiger partial charge is 0.494 e. The number of rotatable bonds is 12. The molecule has 0 atom stereocenters. The van der Waals surface area contributed by atoms with Crippen LogP contribution in [0.2, 0.25) is 0 Å². The summed E-state index contributed by atoms with van der Waals surface area (Å²) in [6, 6.07) is 93.9. The SMILES string of the molecule is Brc1ccc(N(c2ccc(-c3ccccc3)cc2)c2ccccc2-c2ccccc2)cc1.CC1(C)OB(B2OC(C)(C)C(C)(C)O2)OC1(C)C.CC1(C)OB(c2ccc(N(c3ccc(-c4ccccc4)cc3)c3ccccc3-c3ccccc3)cc2)OC1(C)C. The van der Waals surface area contributed by atoms with Crippen LogP contribution < -0.4 is 15.3 Å². The van der Waals surface area contributed by atoms with E-state index in [9.17, 15) is 0 Å². The van der Waals surface area contributed by atoms with Gasteiger partial charge < -0.3 is 37.7 Å². The standard InChI is InChI=1S/C36H34BNO2.C30H22BrN.C12H24B2O4/c1-35(2)36(3,4)40-37(39-35)30-21-25-32(26-22-30)38(31-23-19-28(20-24-31)27-13-7-5-8-14-27)34-18-12-11-17-33(34)29-15-9-6-10-16-29;31-26-17-21-28(22-18-26)32(27-19-15-24(16-20-27)23-9-3-1-4-10-23)30-14-8-7-13-29(30)25-11-5-2-6-12-25;1-9(2)10(3,4)16-13(15-9)14-17-11(5,6)12(7,8)18-14/h5-26H,1-4H3;1-22H;1-8H3. The lowest BCUT2D eigenvalue weighted by atomic mass is 9.49. The van der Waals surface area contributed by atoms with Gasteiger partial charge in [-0.3, -0.25) is 0 Å². The van der Waals surface area contributed by atoms with E-state index >= 15 is 0 Å². The molecule has 0 bridgehead atoms. The molecular weight excluding hydrogens is 1170 g/mol. The zero-order chi connectivity index (χ0) is 63.5. The van der Waals surface area contributed by atoms with E-state index in [0.717, 1.165) is 44.1 Å². The van der Waals surface area contributed by atoms with Gasteiger partial charge in [-0.05, 0) is 195 Å². The molecule has 3 heterocycles. The smallest absolute Gasteiger partial charge is 0.405 e. The van der Waals surface area contributed by atoms with E-state index in [1.165, 1.54) is 44.5 Å². The molecule has 90 heavy (non-hydrogen) atoms. The number of hydrogen-bond donors (Lipinski definition) is 0. The normalized spacial score (nSPS) is 17.1. The van der Waals surface area contributed by atoms with Crippen molar-refractivity contribution in [3.63, 3.8) is 0 Å². The highest BCUT2D eigenvalue weighted by molar-refractivity contribution is 9.10. The molecule has 3 aliphatic rings. The molecule has 0 amide bonds. The number of para-hydroxylation sites is 2. The zero-order valence-electron chi connectivity index (χ0n) is 53.9. The molecule has 8 nitrogen and oxygen atoms in total. The molecule has 454 valence electrons. The van der Waals surface area contributed by atoms with Gasteiger partial charge in [0, 0.05) is 38.3 Å². The minimum absolute atomic E-state index is 0.360. The van der Waals surface area contributed by atoms with Crippen molar-refractivity contribution in [3.8, 4) is 44.5 Å². The monoisotopic (exact) mass is 1250 g/mol. The molecule has 3 aliphatic heterocycles. The topological polar surface area (TPSA) is 61.9 Å². The van der Waals surface area contributed by atoms with Gasteiger partial charge in [0.05, 0.1) is 45.0 Å². The first-order valence-corrected chi connectivity index (χ1v) is 31.9. The number of hydrogen-bond acceptors (Lipinski definition) is 8. The lowest BCUT2D eigenvalue weighted by molar-refractivity contribution is 0.00578. The summed E-state index contributed by atoms with van der Waals surface area (Å²) in [6.45, 7) is 24.6. The van der Waals surface area contributed by atoms with Crippen LogP contribution in [0.4, 0.5) is 34.1 Å². The predicted molar refractivity (Wildman–Crippen MR) is 380 cm³/mol. The summed E-state index contributed by atoms with van der Waals surface area (Å²) in [6.07, 6.45) is 0. The average molecular weight is 1250 g/mol. The minimum Gasteiger partial charge on any atom is -0.405 e. The molecule has 3 fully saturated rings. The number of anilines is 6. The van der Waals surface area contributed by atoms with E-state index < -0.39 is 21.1 Å². The third kappa shape index (κ3) is 13.8. The summed E-state index contributed by atoms with van der Waals surface area (Å²) in [7, 11) is -1.35. The molecule has 0 radical (unpaired) electrons. The van der Waals surface area contributed by atoms with Crippen molar-refractivity contribution in [1.82, 2.24) is 0 Å². The van der Waals surface area contributed by atoms with E-state index in [2.05, 4.69) is 308 Å². The van der Waals surface area contributed by atoms with Crippen LogP contribution >= 0.6 is 15.9 Å². The van der Waals surface area contributed by atoms with Crippen molar-refractivity contribution < 1.29 is 27.9 Å². The van der Waals surface area contributed by atoms with Gasteiger partial charge in [0.25, 0.3) is 0 Å². The third-order valence-corrected chi connectivity index (χ3v) is 19.0. The van der Waals surface area contributed by atoms with Gasteiger partial charge >= 0.3 is 21.1 Å². The Morgan fingerprint density at radius 1 is 0.256 bits per heavy atom. The van der Waals surface area contributed by atoms with Crippen LogP contribution in [0.15, 0.2) is 271 Å². The van der Waals surface area contributed by atoms with Crippen molar-refractivity contribution in [2.75, 3.05) is 9.80 Å². The Balaban J connectivity index is 0.000000149. The van der Waals surface area contributed by atoms with Crippen molar-refractivity contribution in [1.29, 1.82) is 0 Å². The second kappa shape index (κ2) is 26.2. The summed E-state index contributed by atoms with van der Waals surface area (Å²) in [5, 5.41) is 0. The number of nitrogens with zero attached hydrogens (tertiary/aromatic N) is 2. The van der Waals surface area contributed by atoms with Gasteiger partial charge in [-0.1, -0.05) is 210 Å². The third-order valence-electron chi connectivity index (χ3n) is 18.5. The fraction of sp³-hybridized carbons (Fsp3) is 0.231. The van der Waals surface area contributed by atoms with Crippen LogP contribution in [-0.4, -0.2) is 54.7 Å². The number of benzene rings is 10. The van der Waals surface area contributed by atoms with Crippen LogP contribution in [0.25, 0.3) is 44.5 Å². The minimum atomic E-state index is -0.476. The van der Waals surface area contributed by atoms with Crippen molar-refractivity contribution in [2.45, 2.75) is 117 Å². The Labute approximate surface area is 543 Å². The first kappa shape index (κ1) is 63.8. The summed E-state index contributed by atoms with van der Waals surface area (Å²) >= 11 is 3.58. The lowest BCUT2D eigenvalue weighted by Gasteiger charge is -2.32. The molecule has 0 spiro atoms. The molecule has 0 N–H and O–H groups in total. The fourth-order valence-electron chi connectivity index (χ4n) is 11.1. The maximum atomic E-state index is 6.32. The van der Waals surface area contributed by atoms with Crippen LogP contribution in [0, 0.1) is 0 Å². The Bertz CT molecular complexity index is 3900. The zero-order valence-corrected chi connectivity index (χ0v) is 55.4. The van der Waals surface area contributed by atoms with Crippen molar-refractivity contribution in [3.05, 3.63) is 271 Å². The molecule has 0 aliphatic carbocycles. The van der Waals surface area contributed by atoms with Crippen LogP contribution in [0.3, 0.4) is 0 Å². The summed E-state index contributed by atoms with van der Waals surface area (Å²) < 4.78 is 37.5. The first-order valence-electron chi connectivity index (χ1n) is 31.1. The Morgan fingerprint density at radius 3 is 0.822 bits per heavy atom. The van der Waals surface area contributed by atoms with Gasteiger partial charge in [-0.15, -0.1) is 0 Å². The van der Waals surface area contributed by atoms with Gasteiger partial charge in [0.15, 0.2) is 0 Å². The average Bonchev–Trinajstić information content (AvgIpc) is 1.54. The molecule has 0 unspecified atom stereocenters. The van der Waals surface area contributed by atoms with Gasteiger partial charge in [0.2, 0.25) is 0 Å². The first-order chi connectivity index (χ1) is 43.0. The second-order valence-electron chi connectivity index (χ2n) is 26.2. The van der Waals surface area contributed by atoms with Gasteiger partial charge in [-0.2, -0.15) is 0 Å². The molecule has 0 aromatic heterocycles. The van der Waals surface area contributed by atoms with Crippen LogP contribution in [-0.2, 0) is 27.9 Å². The summed E-state index contributed by atoms with van der Waals surface area (Å²) in [5.74, 6) is 0. The Morgan fingerprint density at radius 2 is 0.500 bits per heavy atom. The number of halogens is 1. The van der Waals surface area contributed by atoms with Crippen LogP contribution in [0.1, 0.15) is 83.1 Å². The van der Waals surface area contributed by atoms with E-state index in [0.29, 0.717) is 0 Å².